The number of carboxylic acid groups (broad SMARTS) is 1. The smallest absolute Gasteiger partial charge is 0.415 e. The summed E-state index contributed by atoms with van der Waals surface area (Å²) < 4.78 is 21.9. The molecule has 1 N–H and O–H groups in total. The van der Waals surface area contributed by atoms with Gasteiger partial charge in [-0.15, -0.1) is 0 Å². The molecule has 39 heavy (non-hydrogen) atoms. The molecule has 1 aliphatic rings. The van der Waals surface area contributed by atoms with Gasteiger partial charge in [-0.1, -0.05) is 35.5 Å². The fourth-order valence-corrected chi connectivity index (χ4v) is 4.63. The number of ether oxygens (including phenoxy) is 3. The summed E-state index contributed by atoms with van der Waals surface area (Å²) in [4.78, 5) is 30.4. The number of amides is 1. The molecule has 3 aromatic carbocycles. The second-order valence-corrected chi connectivity index (χ2v) is 9.16. The van der Waals surface area contributed by atoms with Crippen molar-refractivity contribution in [1.29, 1.82) is 0 Å². The molecule has 0 unspecified atom stereocenters. The standard InChI is InChI=1S/C29H27N3O7/c1-36-22-10-12-23(13-11-22)38-29(35)32-16-21(15-27(33)34)25(17-32)20-8-5-9-24(14-20)37-18-26-30-28(39-31-26)19-6-3-2-4-7-19/h2-14,21,25H,15-18H2,1H3,(H,33,34)/t21-,25-/m0/s1. The maximum atomic E-state index is 12.9. The first-order valence-corrected chi connectivity index (χ1v) is 12.4. The van der Waals surface area contributed by atoms with Gasteiger partial charge in [0.1, 0.15) is 17.2 Å². The maximum Gasteiger partial charge on any atom is 0.415 e. The average Bonchev–Trinajstić information content (AvgIpc) is 3.60. The summed E-state index contributed by atoms with van der Waals surface area (Å²) in [5, 5.41) is 13.5. The fraction of sp³-hybridized carbons (Fsp3) is 0.241. The molecular weight excluding hydrogens is 502 g/mol. The lowest BCUT2D eigenvalue weighted by Crippen LogP contribution is -2.31. The molecule has 10 nitrogen and oxygen atoms in total. The number of benzene rings is 3. The van der Waals surface area contributed by atoms with Crippen LogP contribution in [0.3, 0.4) is 0 Å². The largest absolute Gasteiger partial charge is 0.497 e. The predicted molar refractivity (Wildman–Crippen MR) is 140 cm³/mol. The number of aliphatic carboxylic acids is 1. The SMILES string of the molecule is COc1ccc(OC(=O)N2C[C@H](CC(=O)O)[C@H](c3cccc(OCc4noc(-c5ccccc5)n4)c3)C2)cc1. The predicted octanol–water partition coefficient (Wildman–Crippen LogP) is 5.01. The van der Waals surface area contributed by atoms with Crippen LogP contribution in [0.1, 0.15) is 23.7 Å². The highest BCUT2D eigenvalue weighted by molar-refractivity contribution is 5.72. The molecule has 0 saturated carbocycles. The summed E-state index contributed by atoms with van der Waals surface area (Å²) in [6, 6.07) is 23.6. The molecule has 10 heteroatoms. The van der Waals surface area contributed by atoms with Crippen molar-refractivity contribution in [2.24, 2.45) is 5.92 Å². The number of hydrogen-bond donors (Lipinski definition) is 1. The Hall–Kier alpha value is -4.86. The van der Waals surface area contributed by atoms with Gasteiger partial charge in [-0.2, -0.15) is 4.98 Å². The normalized spacial score (nSPS) is 16.6. The fourth-order valence-electron chi connectivity index (χ4n) is 4.63. The number of nitrogens with zero attached hydrogens (tertiary/aromatic N) is 3. The van der Waals surface area contributed by atoms with Crippen molar-refractivity contribution < 1.29 is 33.4 Å². The molecule has 4 aromatic rings. The summed E-state index contributed by atoms with van der Waals surface area (Å²) in [5.41, 5.74) is 1.69. The first-order chi connectivity index (χ1) is 19.0. The van der Waals surface area contributed by atoms with Gasteiger partial charge in [0.2, 0.25) is 5.82 Å². The third kappa shape index (κ3) is 6.35. The Morgan fingerprint density at radius 2 is 1.74 bits per heavy atom. The van der Waals surface area contributed by atoms with E-state index in [2.05, 4.69) is 10.1 Å². The monoisotopic (exact) mass is 529 g/mol. The minimum absolute atomic E-state index is 0.0762. The molecular formula is C29H27N3O7. The molecule has 2 heterocycles. The van der Waals surface area contributed by atoms with E-state index in [0.717, 1.165) is 11.1 Å². The lowest BCUT2D eigenvalue weighted by molar-refractivity contribution is -0.138. The van der Waals surface area contributed by atoms with Crippen LogP contribution in [0.4, 0.5) is 4.79 Å². The van der Waals surface area contributed by atoms with Crippen LogP contribution in [0.5, 0.6) is 17.2 Å². The molecule has 5 rings (SSSR count). The molecule has 0 radical (unpaired) electrons. The number of carbonyl (C=O) groups excluding carboxylic acids is 1. The second-order valence-electron chi connectivity index (χ2n) is 9.16. The average molecular weight is 530 g/mol. The topological polar surface area (TPSA) is 124 Å². The number of methoxy groups -OCH3 is 1. The summed E-state index contributed by atoms with van der Waals surface area (Å²) in [7, 11) is 1.56. The quantitative estimate of drug-likeness (QED) is 0.318. The summed E-state index contributed by atoms with van der Waals surface area (Å²) in [5.74, 6) is 1.00. The number of likely N-dealkylation sites (tertiary alicyclic amines) is 1. The van der Waals surface area contributed by atoms with Gasteiger partial charge in [0, 0.05) is 24.6 Å². The van der Waals surface area contributed by atoms with E-state index in [1.807, 2.05) is 48.5 Å². The molecule has 0 aliphatic carbocycles. The zero-order chi connectivity index (χ0) is 27.2. The van der Waals surface area contributed by atoms with Crippen LogP contribution >= 0.6 is 0 Å². The second kappa shape index (κ2) is 11.7. The minimum Gasteiger partial charge on any atom is -0.497 e. The van der Waals surface area contributed by atoms with E-state index >= 15 is 0 Å². The number of hydrogen-bond acceptors (Lipinski definition) is 8. The number of aromatic nitrogens is 2. The van der Waals surface area contributed by atoms with Crippen LogP contribution in [-0.4, -0.2) is 52.4 Å². The van der Waals surface area contributed by atoms with Crippen molar-refractivity contribution in [2.75, 3.05) is 20.2 Å². The summed E-state index contributed by atoms with van der Waals surface area (Å²) >= 11 is 0. The number of carboxylic acids is 1. The van der Waals surface area contributed by atoms with E-state index in [1.165, 1.54) is 0 Å². The van der Waals surface area contributed by atoms with Crippen molar-refractivity contribution in [3.8, 4) is 28.7 Å². The highest BCUT2D eigenvalue weighted by Gasteiger charge is 2.38. The van der Waals surface area contributed by atoms with Crippen LogP contribution in [0.25, 0.3) is 11.5 Å². The Balaban J connectivity index is 1.25. The van der Waals surface area contributed by atoms with Crippen molar-refractivity contribution in [2.45, 2.75) is 18.9 Å². The van der Waals surface area contributed by atoms with Gasteiger partial charge < -0.3 is 28.7 Å². The van der Waals surface area contributed by atoms with E-state index in [9.17, 15) is 14.7 Å². The lowest BCUT2D eigenvalue weighted by Gasteiger charge is -2.18. The van der Waals surface area contributed by atoms with Gasteiger partial charge in [-0.05, 0) is 60.0 Å². The van der Waals surface area contributed by atoms with Crippen LogP contribution in [-0.2, 0) is 11.4 Å². The van der Waals surface area contributed by atoms with Crippen molar-refractivity contribution >= 4 is 12.1 Å². The molecule has 1 amide bonds. The highest BCUT2D eigenvalue weighted by Crippen LogP contribution is 2.36. The third-order valence-electron chi connectivity index (χ3n) is 6.54. The molecule has 0 bridgehead atoms. The first-order valence-electron chi connectivity index (χ1n) is 12.4. The Morgan fingerprint density at radius 3 is 2.49 bits per heavy atom. The van der Waals surface area contributed by atoms with Crippen molar-refractivity contribution in [3.05, 3.63) is 90.3 Å². The molecule has 0 spiro atoms. The van der Waals surface area contributed by atoms with Gasteiger partial charge >= 0.3 is 12.1 Å². The molecule has 1 saturated heterocycles. The summed E-state index contributed by atoms with van der Waals surface area (Å²) in [6.45, 7) is 0.688. The van der Waals surface area contributed by atoms with Gasteiger partial charge in [0.15, 0.2) is 6.61 Å². The van der Waals surface area contributed by atoms with E-state index in [1.54, 1.807) is 42.3 Å². The van der Waals surface area contributed by atoms with E-state index in [-0.39, 0.29) is 31.4 Å². The van der Waals surface area contributed by atoms with E-state index in [0.29, 0.717) is 35.5 Å². The Labute approximate surface area is 224 Å². The molecule has 2 atom stereocenters. The highest BCUT2D eigenvalue weighted by atomic mass is 16.6. The van der Waals surface area contributed by atoms with E-state index < -0.39 is 12.1 Å². The van der Waals surface area contributed by atoms with Crippen LogP contribution in [0.15, 0.2) is 83.4 Å². The lowest BCUT2D eigenvalue weighted by atomic mass is 9.87. The Kier molecular flexibility index (Phi) is 7.72. The minimum atomic E-state index is -0.922. The molecule has 1 aliphatic heterocycles. The van der Waals surface area contributed by atoms with Crippen molar-refractivity contribution in [3.63, 3.8) is 0 Å². The Morgan fingerprint density at radius 1 is 0.974 bits per heavy atom. The third-order valence-corrected chi connectivity index (χ3v) is 6.54. The van der Waals surface area contributed by atoms with Gasteiger partial charge in [-0.25, -0.2) is 4.79 Å². The zero-order valence-electron chi connectivity index (χ0n) is 21.2. The molecule has 1 fully saturated rings. The van der Waals surface area contributed by atoms with Gasteiger partial charge in [-0.3, -0.25) is 4.79 Å². The van der Waals surface area contributed by atoms with E-state index in [4.69, 9.17) is 18.7 Å². The zero-order valence-corrected chi connectivity index (χ0v) is 21.2. The first kappa shape index (κ1) is 25.8. The van der Waals surface area contributed by atoms with Crippen molar-refractivity contribution in [1.82, 2.24) is 15.0 Å². The number of rotatable bonds is 9. The summed E-state index contributed by atoms with van der Waals surface area (Å²) in [6.07, 6.45) is -0.607. The number of carbonyl (C=O) groups is 2. The van der Waals surface area contributed by atoms with Gasteiger partial charge in [0.25, 0.3) is 5.89 Å². The maximum absolute atomic E-state index is 12.9. The van der Waals surface area contributed by atoms with Gasteiger partial charge in [0.05, 0.1) is 13.5 Å². The van der Waals surface area contributed by atoms with Crippen LogP contribution < -0.4 is 14.2 Å². The molecule has 200 valence electrons. The molecule has 1 aromatic heterocycles. The van der Waals surface area contributed by atoms with Crippen LogP contribution in [0, 0.1) is 5.92 Å². The van der Waals surface area contributed by atoms with Crippen LogP contribution in [0.2, 0.25) is 0 Å². The Bertz CT molecular complexity index is 1420.